The highest BCUT2D eigenvalue weighted by Crippen LogP contribution is 2.28. The van der Waals surface area contributed by atoms with E-state index in [0.29, 0.717) is 12.8 Å². The van der Waals surface area contributed by atoms with Crippen LogP contribution in [0.1, 0.15) is 71.5 Å². The number of ketones is 2. The third-order valence-electron chi connectivity index (χ3n) is 4.05. The predicted molar refractivity (Wildman–Crippen MR) is 92.4 cm³/mol. The molecule has 0 aromatic heterocycles. The van der Waals surface area contributed by atoms with Crippen LogP contribution in [0.25, 0.3) is 0 Å². The van der Waals surface area contributed by atoms with Gasteiger partial charge < -0.3 is 14.6 Å². The van der Waals surface area contributed by atoms with Crippen LogP contribution in [0.4, 0.5) is 0 Å². The number of hydrogen-bond acceptors (Lipinski definition) is 5. The third-order valence-corrected chi connectivity index (χ3v) is 4.05. The van der Waals surface area contributed by atoms with Gasteiger partial charge in [-0.25, -0.2) is 0 Å². The number of allylic oxidation sites excluding steroid dienone is 2. The molecule has 0 aliphatic heterocycles. The van der Waals surface area contributed by atoms with Crippen molar-refractivity contribution in [2.24, 2.45) is 0 Å². The van der Waals surface area contributed by atoms with Gasteiger partial charge in [-0.15, -0.1) is 0 Å². The second kappa shape index (κ2) is 11.0. The average molecular weight is 343 g/mol. The van der Waals surface area contributed by atoms with Crippen molar-refractivity contribution >= 4 is 11.6 Å². The number of aliphatic hydroxyl groups is 1. The number of carbonyl (C=O) groups is 2. The maximum absolute atomic E-state index is 12.7. The second-order valence-corrected chi connectivity index (χ2v) is 5.71. The standard InChI is InChI=1S/C19H30O5/c1-14-15(12-10-8-6-4-5-7-9-11-13-20)17(22)19(24-3)18(23-2)16(14)21/h20H,4-13H2,1-3H3/i1D3,13D2. The van der Waals surface area contributed by atoms with Crippen molar-refractivity contribution < 1.29 is 31.0 Å². The van der Waals surface area contributed by atoms with E-state index < -0.39 is 30.6 Å². The Bertz CT molecular complexity index is 659. The van der Waals surface area contributed by atoms with Crippen molar-refractivity contribution in [1.82, 2.24) is 0 Å². The minimum Gasteiger partial charge on any atom is -0.489 e. The zero-order valence-electron chi connectivity index (χ0n) is 19.4. The van der Waals surface area contributed by atoms with Gasteiger partial charge in [-0.1, -0.05) is 38.5 Å². The van der Waals surface area contributed by atoms with Gasteiger partial charge in [-0.05, 0) is 26.1 Å². The first-order valence-corrected chi connectivity index (χ1v) is 8.31. The first-order chi connectivity index (χ1) is 13.4. The molecule has 0 aromatic rings. The van der Waals surface area contributed by atoms with Gasteiger partial charge in [-0.2, -0.15) is 0 Å². The lowest BCUT2D eigenvalue weighted by molar-refractivity contribution is -0.121. The first-order valence-electron chi connectivity index (χ1n) is 10.8. The van der Waals surface area contributed by atoms with Crippen LogP contribution in [-0.4, -0.2) is 37.5 Å². The minimum atomic E-state index is -2.72. The fourth-order valence-corrected chi connectivity index (χ4v) is 2.71. The van der Waals surface area contributed by atoms with Crippen LogP contribution < -0.4 is 0 Å². The molecule has 1 aliphatic carbocycles. The van der Waals surface area contributed by atoms with Crippen LogP contribution >= 0.6 is 0 Å². The summed E-state index contributed by atoms with van der Waals surface area (Å²) in [5.74, 6) is -2.08. The van der Waals surface area contributed by atoms with Crippen LogP contribution in [-0.2, 0) is 19.1 Å². The average Bonchev–Trinajstić information content (AvgIpc) is 2.60. The van der Waals surface area contributed by atoms with Crippen molar-refractivity contribution in [3.05, 3.63) is 22.7 Å². The summed E-state index contributed by atoms with van der Waals surface area (Å²) in [5, 5.41) is 9.02. The summed E-state index contributed by atoms with van der Waals surface area (Å²) in [7, 11) is 2.43. The fraction of sp³-hybridized carbons (Fsp3) is 0.684. The molecule has 0 amide bonds. The van der Waals surface area contributed by atoms with E-state index in [9.17, 15) is 9.59 Å². The van der Waals surface area contributed by atoms with E-state index in [1.807, 2.05) is 0 Å². The Morgan fingerprint density at radius 3 is 1.88 bits per heavy atom. The summed E-state index contributed by atoms with van der Waals surface area (Å²) in [6.07, 6.45) is 5.76. The smallest absolute Gasteiger partial charge is 0.228 e. The van der Waals surface area contributed by atoms with Crippen LogP contribution in [0.15, 0.2) is 22.7 Å². The molecule has 5 nitrogen and oxygen atoms in total. The highest BCUT2D eigenvalue weighted by atomic mass is 16.5. The molecule has 0 spiro atoms. The summed E-state index contributed by atoms with van der Waals surface area (Å²) in [4.78, 5) is 25.2. The van der Waals surface area contributed by atoms with Crippen molar-refractivity contribution in [3.63, 3.8) is 0 Å². The molecule has 0 saturated heterocycles. The van der Waals surface area contributed by atoms with Crippen LogP contribution in [0.2, 0.25) is 0 Å². The molecule has 0 saturated carbocycles. The Hall–Kier alpha value is -1.62. The normalized spacial score (nSPS) is 19.5. The SMILES string of the molecule is [2H]C([2H])(O)CCCCCCCCCC1=C(C([2H])([2H])[2H])C(=O)C(OC)=C(OC)C1=O. The fourth-order valence-electron chi connectivity index (χ4n) is 2.71. The van der Waals surface area contributed by atoms with E-state index in [0.717, 1.165) is 32.1 Å². The van der Waals surface area contributed by atoms with E-state index >= 15 is 0 Å². The Morgan fingerprint density at radius 2 is 1.38 bits per heavy atom. The zero-order chi connectivity index (χ0) is 22.2. The minimum absolute atomic E-state index is 0.0298. The topological polar surface area (TPSA) is 72.8 Å². The van der Waals surface area contributed by atoms with Crippen LogP contribution in [0.5, 0.6) is 0 Å². The molecule has 24 heavy (non-hydrogen) atoms. The van der Waals surface area contributed by atoms with Gasteiger partial charge in [0, 0.05) is 21.8 Å². The number of rotatable bonds is 12. The van der Waals surface area contributed by atoms with Crippen LogP contribution in [0, 0.1) is 0 Å². The predicted octanol–water partition coefficient (Wildman–Crippen LogP) is 3.46. The molecule has 1 N–H and O–H groups in total. The quantitative estimate of drug-likeness (QED) is 0.434. The molecule has 0 unspecified atom stereocenters. The number of Topliss-reactive ketones (excluding diaryl/α,β-unsaturated/α-hetero) is 2. The number of hydrogen-bond donors (Lipinski definition) is 1. The lowest BCUT2D eigenvalue weighted by atomic mass is 9.89. The van der Waals surface area contributed by atoms with Gasteiger partial charge >= 0.3 is 0 Å². The highest BCUT2D eigenvalue weighted by molar-refractivity contribution is 6.23. The molecule has 0 radical (unpaired) electrons. The van der Waals surface area contributed by atoms with E-state index in [2.05, 4.69) is 0 Å². The Kier molecular flexibility index (Phi) is 6.27. The van der Waals surface area contributed by atoms with Crippen molar-refractivity contribution in [1.29, 1.82) is 0 Å². The maximum atomic E-state index is 12.7. The van der Waals surface area contributed by atoms with Gasteiger partial charge in [0.15, 0.2) is 0 Å². The van der Waals surface area contributed by atoms with E-state index in [-0.39, 0.29) is 29.9 Å². The summed E-state index contributed by atoms with van der Waals surface area (Å²) in [6.45, 7) is -4.83. The number of methoxy groups -OCH3 is 2. The maximum Gasteiger partial charge on any atom is 0.228 e. The highest BCUT2D eigenvalue weighted by Gasteiger charge is 2.34. The molecule has 1 aliphatic rings. The van der Waals surface area contributed by atoms with Crippen molar-refractivity contribution in [3.8, 4) is 0 Å². The summed E-state index contributed by atoms with van der Waals surface area (Å²) in [6, 6.07) is 0. The van der Waals surface area contributed by atoms with E-state index in [1.54, 1.807) is 0 Å². The molecular formula is C19H30O5. The molecular weight excluding hydrogens is 308 g/mol. The summed E-state index contributed by atoms with van der Waals surface area (Å²) in [5.41, 5.74) is -0.517. The lowest BCUT2D eigenvalue weighted by Gasteiger charge is -2.20. The van der Waals surface area contributed by atoms with E-state index in [1.165, 1.54) is 14.2 Å². The van der Waals surface area contributed by atoms with Gasteiger partial charge in [0.25, 0.3) is 0 Å². The Morgan fingerprint density at radius 1 is 0.875 bits per heavy atom. The monoisotopic (exact) mass is 343 g/mol. The molecule has 5 heteroatoms. The molecule has 0 atom stereocenters. The van der Waals surface area contributed by atoms with Gasteiger partial charge in [0.05, 0.1) is 17.0 Å². The first kappa shape index (κ1) is 13.6. The molecule has 1 rings (SSSR count). The van der Waals surface area contributed by atoms with Gasteiger partial charge in [0.2, 0.25) is 23.1 Å². The Balaban J connectivity index is 2.62. The lowest BCUT2D eigenvalue weighted by Crippen LogP contribution is -2.25. The van der Waals surface area contributed by atoms with Gasteiger partial charge in [0.1, 0.15) is 0 Å². The third kappa shape index (κ3) is 5.48. The van der Waals surface area contributed by atoms with Crippen molar-refractivity contribution in [2.45, 2.75) is 64.6 Å². The number of carbonyl (C=O) groups excluding carboxylic acids is 2. The number of ether oxygens (including phenoxy) is 2. The molecule has 0 fully saturated rings. The molecule has 0 aromatic carbocycles. The Labute approximate surface area is 151 Å². The molecule has 0 bridgehead atoms. The largest absolute Gasteiger partial charge is 0.489 e. The number of unbranched alkanes of at least 4 members (excludes halogenated alkanes) is 6. The zero-order valence-corrected chi connectivity index (χ0v) is 14.4. The van der Waals surface area contributed by atoms with Crippen LogP contribution in [0.3, 0.4) is 0 Å². The van der Waals surface area contributed by atoms with Gasteiger partial charge in [-0.3, -0.25) is 9.59 Å². The summed E-state index contributed by atoms with van der Waals surface area (Å²) >= 11 is 0. The van der Waals surface area contributed by atoms with Crippen molar-refractivity contribution in [2.75, 3.05) is 20.8 Å². The molecule has 136 valence electrons. The second-order valence-electron chi connectivity index (χ2n) is 5.71. The van der Waals surface area contributed by atoms with E-state index in [4.69, 9.17) is 21.4 Å². The summed E-state index contributed by atoms with van der Waals surface area (Å²) < 4.78 is 47.0. The molecule has 0 heterocycles.